The summed E-state index contributed by atoms with van der Waals surface area (Å²) in [7, 11) is 2.04. The minimum absolute atomic E-state index is 0.122. The van der Waals surface area contributed by atoms with Crippen LogP contribution in [0.5, 0.6) is 0 Å². The number of fused-ring (bicyclic) bond motifs is 5. The molecular formula is C21H24NO5S2+. The molecule has 2 unspecified atom stereocenters. The molecule has 3 fully saturated rings. The van der Waals surface area contributed by atoms with Gasteiger partial charge in [0.1, 0.15) is 6.10 Å². The zero-order valence-corrected chi connectivity index (χ0v) is 17.7. The first kappa shape index (κ1) is 19.2. The van der Waals surface area contributed by atoms with Gasteiger partial charge in [0.05, 0.1) is 28.9 Å². The number of ether oxygens (including phenoxy) is 1. The van der Waals surface area contributed by atoms with E-state index in [1.807, 2.05) is 29.9 Å². The van der Waals surface area contributed by atoms with Crippen molar-refractivity contribution in [1.29, 1.82) is 0 Å². The van der Waals surface area contributed by atoms with E-state index >= 15 is 0 Å². The summed E-state index contributed by atoms with van der Waals surface area (Å²) in [6.07, 6.45) is 2.21. The van der Waals surface area contributed by atoms with Crippen molar-refractivity contribution < 1.29 is 29.0 Å². The average molecular weight is 435 g/mol. The van der Waals surface area contributed by atoms with E-state index in [0.29, 0.717) is 38.9 Å². The SMILES string of the molecule is C[N+]1(CC(=O)O)[C@@H]2CC(OC(=O)C(O)(c3cccs3)c3cccs3)C[C@H]1[C@H]1C[C@H]12. The first-order chi connectivity index (χ1) is 13.8. The molecule has 8 heteroatoms. The van der Waals surface area contributed by atoms with Crippen molar-refractivity contribution in [3.8, 4) is 0 Å². The first-order valence-corrected chi connectivity index (χ1v) is 11.7. The lowest BCUT2D eigenvalue weighted by atomic mass is 9.91. The Morgan fingerprint density at radius 1 is 1.10 bits per heavy atom. The molecule has 2 N–H and O–H groups in total. The molecule has 0 spiro atoms. The largest absolute Gasteiger partial charge is 0.477 e. The number of piperidine rings is 2. The van der Waals surface area contributed by atoms with Crippen molar-refractivity contribution in [3.63, 3.8) is 0 Å². The fraction of sp³-hybridized carbons (Fsp3) is 0.524. The number of aliphatic hydroxyl groups is 1. The smallest absolute Gasteiger partial charge is 0.359 e. The zero-order valence-electron chi connectivity index (χ0n) is 16.1. The van der Waals surface area contributed by atoms with Gasteiger partial charge in [-0.3, -0.25) is 0 Å². The maximum Gasteiger partial charge on any atom is 0.359 e. The number of carbonyl (C=O) groups is 2. The summed E-state index contributed by atoms with van der Waals surface area (Å²) in [4.78, 5) is 25.8. The van der Waals surface area contributed by atoms with E-state index < -0.39 is 17.5 Å². The molecule has 6 nitrogen and oxygen atoms in total. The van der Waals surface area contributed by atoms with Crippen molar-refractivity contribution in [2.45, 2.75) is 43.1 Å². The third-order valence-electron chi connectivity index (χ3n) is 7.20. The van der Waals surface area contributed by atoms with Crippen molar-refractivity contribution in [1.82, 2.24) is 0 Å². The molecule has 2 aromatic heterocycles. The number of likely N-dealkylation sites (N-methyl/N-ethyl adjacent to an activating group) is 1. The van der Waals surface area contributed by atoms with Crippen LogP contribution in [0.15, 0.2) is 35.0 Å². The Kier molecular flexibility index (Phi) is 4.40. The summed E-state index contributed by atoms with van der Waals surface area (Å²) in [5.41, 5.74) is -1.79. The number of esters is 1. The third kappa shape index (κ3) is 2.88. The molecule has 2 aliphatic heterocycles. The Bertz CT molecular complexity index is 873. The maximum absolute atomic E-state index is 13.2. The number of hydrogen-bond donors (Lipinski definition) is 2. The molecule has 29 heavy (non-hydrogen) atoms. The van der Waals surface area contributed by atoms with Crippen LogP contribution in [0.25, 0.3) is 0 Å². The Hall–Kier alpha value is -1.74. The summed E-state index contributed by atoms with van der Waals surface area (Å²) < 4.78 is 6.47. The normalized spacial score (nSPS) is 35.2. The van der Waals surface area contributed by atoms with E-state index in [9.17, 15) is 19.8 Å². The number of rotatable bonds is 6. The number of hydrogen-bond acceptors (Lipinski definition) is 6. The highest BCUT2D eigenvalue weighted by atomic mass is 32.1. The van der Waals surface area contributed by atoms with Crippen LogP contribution in [0.1, 0.15) is 29.0 Å². The van der Waals surface area contributed by atoms with Gasteiger partial charge >= 0.3 is 11.9 Å². The molecule has 2 bridgehead atoms. The van der Waals surface area contributed by atoms with Gasteiger partial charge in [0.15, 0.2) is 6.54 Å². The van der Waals surface area contributed by atoms with Crippen LogP contribution in [0.4, 0.5) is 0 Å². The van der Waals surface area contributed by atoms with Gasteiger partial charge in [-0.05, 0) is 29.3 Å². The van der Waals surface area contributed by atoms with E-state index in [-0.39, 0.29) is 24.7 Å². The summed E-state index contributed by atoms with van der Waals surface area (Å²) in [6.45, 7) is 0.122. The number of carbonyl (C=O) groups excluding carboxylic acids is 1. The topological polar surface area (TPSA) is 83.8 Å². The second-order valence-corrected chi connectivity index (χ2v) is 10.7. The Morgan fingerprint density at radius 3 is 2.10 bits per heavy atom. The second-order valence-electron chi connectivity index (χ2n) is 8.76. The molecule has 154 valence electrons. The van der Waals surface area contributed by atoms with E-state index in [4.69, 9.17) is 4.74 Å². The predicted molar refractivity (Wildman–Crippen MR) is 109 cm³/mol. The van der Waals surface area contributed by atoms with Crippen LogP contribution in [-0.2, 0) is 19.9 Å². The minimum atomic E-state index is -1.79. The fourth-order valence-corrected chi connectivity index (χ4v) is 7.57. The van der Waals surface area contributed by atoms with Crippen LogP contribution < -0.4 is 0 Å². The fourth-order valence-electron chi connectivity index (χ4n) is 5.86. The third-order valence-corrected chi connectivity index (χ3v) is 9.16. The molecule has 0 amide bonds. The van der Waals surface area contributed by atoms with E-state index in [2.05, 4.69) is 0 Å². The van der Waals surface area contributed by atoms with Gasteiger partial charge in [0.2, 0.25) is 5.60 Å². The van der Waals surface area contributed by atoms with Crippen molar-refractivity contribution in [2.75, 3.05) is 13.6 Å². The lowest BCUT2D eigenvalue weighted by Gasteiger charge is -2.48. The lowest BCUT2D eigenvalue weighted by Crippen LogP contribution is -2.63. The molecule has 2 aromatic rings. The predicted octanol–water partition coefficient (Wildman–Crippen LogP) is 2.67. The lowest BCUT2D eigenvalue weighted by molar-refractivity contribution is -0.948. The molecule has 0 radical (unpaired) electrons. The number of carboxylic acid groups (broad SMARTS) is 1. The molecular weight excluding hydrogens is 410 g/mol. The van der Waals surface area contributed by atoms with Gasteiger partial charge in [0.25, 0.3) is 0 Å². The molecule has 1 aliphatic carbocycles. The second kappa shape index (κ2) is 6.63. The summed E-state index contributed by atoms with van der Waals surface area (Å²) in [5, 5.41) is 24.5. The molecule has 3 aliphatic rings. The standard InChI is InChI=1S/C21H23NO5S2/c1-22(11-19(23)24)15-8-12(9-16(22)14-10-13(14)15)27-20(25)21(26,17-4-2-6-28-17)18-5-3-7-29-18/h2-7,12-16,26H,8-11H2,1H3/p+1/t12?,13-,14+,15-,16+,22?. The Labute approximate surface area is 176 Å². The highest BCUT2D eigenvalue weighted by Crippen LogP contribution is 2.61. The van der Waals surface area contributed by atoms with Crippen molar-refractivity contribution in [3.05, 3.63) is 44.8 Å². The van der Waals surface area contributed by atoms with Crippen LogP contribution in [0.2, 0.25) is 0 Å². The average Bonchev–Trinajstić information content (AvgIpc) is 3.03. The molecule has 4 heterocycles. The molecule has 1 saturated carbocycles. The Balaban J connectivity index is 1.37. The van der Waals surface area contributed by atoms with Crippen molar-refractivity contribution in [2.24, 2.45) is 11.8 Å². The van der Waals surface area contributed by atoms with Gasteiger partial charge in [-0.15, -0.1) is 22.7 Å². The minimum Gasteiger partial charge on any atom is -0.477 e. The quantitative estimate of drug-likeness (QED) is 0.540. The van der Waals surface area contributed by atoms with E-state index in [1.165, 1.54) is 22.7 Å². The Morgan fingerprint density at radius 2 is 1.66 bits per heavy atom. The number of thiophene rings is 2. The van der Waals surface area contributed by atoms with Gasteiger partial charge in [-0.2, -0.15) is 0 Å². The molecule has 0 aromatic carbocycles. The van der Waals surface area contributed by atoms with E-state index in [1.54, 1.807) is 12.1 Å². The van der Waals surface area contributed by atoms with E-state index in [0.717, 1.165) is 6.42 Å². The maximum atomic E-state index is 13.2. The molecule has 2 saturated heterocycles. The summed E-state index contributed by atoms with van der Waals surface area (Å²) in [6, 6.07) is 7.57. The number of carboxylic acids is 1. The zero-order chi connectivity index (χ0) is 20.4. The van der Waals surface area contributed by atoms with Gasteiger partial charge in [-0.1, -0.05) is 12.1 Å². The molecule has 5 rings (SSSR count). The van der Waals surface area contributed by atoms with Gasteiger partial charge in [0, 0.05) is 24.7 Å². The number of aliphatic carboxylic acids is 1. The first-order valence-electron chi connectivity index (χ1n) is 9.92. The number of nitrogens with zero attached hydrogens (tertiary/aromatic N) is 1. The van der Waals surface area contributed by atoms with Crippen LogP contribution in [-0.4, -0.2) is 58.4 Å². The van der Waals surface area contributed by atoms with Gasteiger partial charge < -0.3 is 19.4 Å². The highest BCUT2D eigenvalue weighted by Gasteiger charge is 2.70. The molecule has 6 atom stereocenters. The van der Waals surface area contributed by atoms with Gasteiger partial charge in [-0.25, -0.2) is 9.59 Å². The number of quaternary nitrogens is 1. The summed E-state index contributed by atoms with van der Waals surface area (Å²) in [5.74, 6) is -0.318. The monoisotopic (exact) mass is 434 g/mol. The van der Waals surface area contributed by atoms with Crippen molar-refractivity contribution >= 4 is 34.6 Å². The van der Waals surface area contributed by atoms with Crippen LogP contribution in [0.3, 0.4) is 0 Å². The highest BCUT2D eigenvalue weighted by molar-refractivity contribution is 7.12. The van der Waals surface area contributed by atoms with Crippen LogP contribution >= 0.6 is 22.7 Å². The summed E-state index contributed by atoms with van der Waals surface area (Å²) >= 11 is 2.67. The van der Waals surface area contributed by atoms with Crippen LogP contribution in [0, 0.1) is 11.8 Å².